The number of rotatable bonds is 5. The fourth-order valence-corrected chi connectivity index (χ4v) is 1.43. The van der Waals surface area contributed by atoms with E-state index in [1.54, 1.807) is 7.11 Å². The Morgan fingerprint density at radius 2 is 2.06 bits per heavy atom. The molecule has 0 fully saturated rings. The minimum absolute atomic E-state index is 0.0362. The van der Waals surface area contributed by atoms with Gasteiger partial charge in [0.15, 0.2) is 0 Å². The molecule has 0 aliphatic rings. The number of carbonyl (C=O) groups is 1. The lowest BCUT2D eigenvalue weighted by molar-refractivity contribution is -0.125. The first kappa shape index (κ1) is 13.5. The number of benzene rings is 1. The molecular formula is C13H20N2O2. The summed E-state index contributed by atoms with van der Waals surface area (Å²) in [6, 6.07) is 7.47. The molecule has 0 aliphatic heterocycles. The number of amides is 1. The molecular weight excluding hydrogens is 216 g/mol. The van der Waals surface area contributed by atoms with Crippen molar-refractivity contribution in [2.75, 3.05) is 7.11 Å². The van der Waals surface area contributed by atoms with Gasteiger partial charge in [0.2, 0.25) is 5.91 Å². The molecule has 94 valence electrons. The van der Waals surface area contributed by atoms with Crippen molar-refractivity contribution < 1.29 is 9.53 Å². The van der Waals surface area contributed by atoms with Crippen LogP contribution in [0.2, 0.25) is 0 Å². The third kappa shape index (κ3) is 3.75. The smallest absolute Gasteiger partial charge is 0.224 e. The van der Waals surface area contributed by atoms with Crippen LogP contribution in [0.4, 0.5) is 0 Å². The summed E-state index contributed by atoms with van der Waals surface area (Å²) in [5.41, 5.74) is 6.63. The molecule has 0 heterocycles. The first-order valence-electron chi connectivity index (χ1n) is 5.71. The van der Waals surface area contributed by atoms with Crippen LogP contribution in [0.3, 0.4) is 0 Å². The number of methoxy groups -OCH3 is 1. The van der Waals surface area contributed by atoms with Crippen molar-refractivity contribution in [3.63, 3.8) is 0 Å². The van der Waals surface area contributed by atoms with E-state index in [1.807, 2.05) is 38.1 Å². The van der Waals surface area contributed by atoms with Crippen LogP contribution < -0.4 is 15.8 Å². The Morgan fingerprint density at radius 1 is 1.41 bits per heavy atom. The van der Waals surface area contributed by atoms with E-state index < -0.39 is 0 Å². The quantitative estimate of drug-likeness (QED) is 0.809. The molecule has 0 radical (unpaired) electrons. The van der Waals surface area contributed by atoms with E-state index in [0.29, 0.717) is 6.54 Å². The number of para-hydroxylation sites is 1. The van der Waals surface area contributed by atoms with Crippen molar-refractivity contribution >= 4 is 5.91 Å². The van der Waals surface area contributed by atoms with Gasteiger partial charge >= 0.3 is 0 Å². The zero-order valence-corrected chi connectivity index (χ0v) is 10.6. The van der Waals surface area contributed by atoms with Crippen molar-refractivity contribution in [3.05, 3.63) is 29.8 Å². The number of hydrogen-bond acceptors (Lipinski definition) is 3. The summed E-state index contributed by atoms with van der Waals surface area (Å²) >= 11 is 0. The Balaban J connectivity index is 2.58. The monoisotopic (exact) mass is 236 g/mol. The highest BCUT2D eigenvalue weighted by Crippen LogP contribution is 2.16. The van der Waals surface area contributed by atoms with E-state index in [1.165, 1.54) is 0 Å². The molecule has 0 bridgehead atoms. The molecule has 2 atom stereocenters. The largest absolute Gasteiger partial charge is 0.496 e. The maximum Gasteiger partial charge on any atom is 0.224 e. The summed E-state index contributed by atoms with van der Waals surface area (Å²) in [5, 5.41) is 2.86. The second-order valence-corrected chi connectivity index (χ2v) is 4.18. The van der Waals surface area contributed by atoms with Gasteiger partial charge in [-0.25, -0.2) is 0 Å². The van der Waals surface area contributed by atoms with Crippen LogP contribution in [0.25, 0.3) is 0 Å². The van der Waals surface area contributed by atoms with Crippen LogP contribution in [0.1, 0.15) is 19.4 Å². The predicted molar refractivity (Wildman–Crippen MR) is 67.7 cm³/mol. The average Bonchev–Trinajstić information content (AvgIpc) is 2.35. The number of carbonyl (C=O) groups excluding carboxylic acids is 1. The molecule has 1 rings (SSSR count). The van der Waals surface area contributed by atoms with Crippen LogP contribution in [0, 0.1) is 5.92 Å². The van der Waals surface area contributed by atoms with Crippen LogP contribution in [-0.4, -0.2) is 19.1 Å². The lowest BCUT2D eigenvalue weighted by Gasteiger charge is -2.16. The lowest BCUT2D eigenvalue weighted by Crippen LogP contribution is -2.38. The minimum Gasteiger partial charge on any atom is -0.496 e. The normalized spacial score (nSPS) is 13.9. The predicted octanol–water partition coefficient (Wildman–Crippen LogP) is 1.29. The first-order valence-corrected chi connectivity index (χ1v) is 5.71. The van der Waals surface area contributed by atoms with E-state index in [0.717, 1.165) is 11.3 Å². The average molecular weight is 236 g/mol. The SMILES string of the molecule is COc1ccccc1CNC(=O)C(C)C(C)N. The summed E-state index contributed by atoms with van der Waals surface area (Å²) in [6.07, 6.45) is 0. The third-order valence-corrected chi connectivity index (χ3v) is 2.85. The van der Waals surface area contributed by atoms with E-state index in [2.05, 4.69) is 5.32 Å². The summed E-state index contributed by atoms with van der Waals surface area (Å²) in [6.45, 7) is 4.11. The van der Waals surface area contributed by atoms with Gasteiger partial charge in [0.1, 0.15) is 5.75 Å². The molecule has 1 amide bonds. The molecule has 2 unspecified atom stereocenters. The van der Waals surface area contributed by atoms with Crippen molar-refractivity contribution in [1.82, 2.24) is 5.32 Å². The van der Waals surface area contributed by atoms with Gasteiger partial charge in [-0.2, -0.15) is 0 Å². The molecule has 4 heteroatoms. The van der Waals surface area contributed by atoms with Gasteiger partial charge in [0.25, 0.3) is 0 Å². The highest BCUT2D eigenvalue weighted by atomic mass is 16.5. The maximum absolute atomic E-state index is 11.7. The Hall–Kier alpha value is -1.55. The van der Waals surface area contributed by atoms with Gasteiger partial charge in [0, 0.05) is 24.1 Å². The van der Waals surface area contributed by atoms with Crippen LogP contribution >= 0.6 is 0 Å². The van der Waals surface area contributed by atoms with Gasteiger partial charge in [-0.1, -0.05) is 25.1 Å². The molecule has 0 saturated carbocycles. The molecule has 0 aliphatic carbocycles. The van der Waals surface area contributed by atoms with Gasteiger partial charge in [-0.15, -0.1) is 0 Å². The molecule has 3 N–H and O–H groups in total. The standard InChI is InChI=1S/C13H20N2O2/c1-9(10(2)14)13(16)15-8-11-6-4-5-7-12(11)17-3/h4-7,9-10H,8,14H2,1-3H3,(H,15,16). The zero-order valence-electron chi connectivity index (χ0n) is 10.6. The first-order chi connectivity index (χ1) is 8.06. The Morgan fingerprint density at radius 3 is 2.65 bits per heavy atom. The number of nitrogens with two attached hydrogens (primary N) is 1. The van der Waals surface area contributed by atoms with Crippen molar-refractivity contribution in [1.29, 1.82) is 0 Å². The Bertz CT molecular complexity index is 377. The number of ether oxygens (including phenoxy) is 1. The molecule has 17 heavy (non-hydrogen) atoms. The second kappa shape index (κ2) is 6.25. The molecule has 1 aromatic carbocycles. The maximum atomic E-state index is 11.7. The lowest BCUT2D eigenvalue weighted by atomic mass is 10.0. The summed E-state index contributed by atoms with van der Waals surface area (Å²) in [7, 11) is 1.62. The molecule has 0 saturated heterocycles. The van der Waals surface area contributed by atoms with Gasteiger partial charge in [-0.05, 0) is 13.0 Å². The van der Waals surface area contributed by atoms with E-state index in [9.17, 15) is 4.79 Å². The number of nitrogens with one attached hydrogen (secondary N) is 1. The zero-order chi connectivity index (χ0) is 12.8. The van der Waals surface area contributed by atoms with Crippen LogP contribution in [0.5, 0.6) is 5.75 Å². The molecule has 0 spiro atoms. The van der Waals surface area contributed by atoms with Gasteiger partial charge < -0.3 is 15.8 Å². The fraction of sp³-hybridized carbons (Fsp3) is 0.462. The van der Waals surface area contributed by atoms with E-state index >= 15 is 0 Å². The van der Waals surface area contributed by atoms with Crippen molar-refractivity contribution in [2.45, 2.75) is 26.4 Å². The molecule has 4 nitrogen and oxygen atoms in total. The highest BCUT2D eigenvalue weighted by Gasteiger charge is 2.16. The van der Waals surface area contributed by atoms with Gasteiger partial charge in [-0.3, -0.25) is 4.79 Å². The van der Waals surface area contributed by atoms with Crippen LogP contribution in [-0.2, 0) is 11.3 Å². The summed E-state index contributed by atoms with van der Waals surface area (Å²) in [5.74, 6) is 0.553. The van der Waals surface area contributed by atoms with Gasteiger partial charge in [0.05, 0.1) is 7.11 Å². The third-order valence-electron chi connectivity index (χ3n) is 2.85. The van der Waals surface area contributed by atoms with E-state index in [4.69, 9.17) is 10.5 Å². The number of hydrogen-bond donors (Lipinski definition) is 2. The van der Waals surface area contributed by atoms with Crippen molar-refractivity contribution in [3.8, 4) is 5.75 Å². The van der Waals surface area contributed by atoms with Crippen molar-refractivity contribution in [2.24, 2.45) is 11.7 Å². The molecule has 1 aromatic rings. The second-order valence-electron chi connectivity index (χ2n) is 4.18. The Kier molecular flexibility index (Phi) is 4.97. The summed E-state index contributed by atoms with van der Waals surface area (Å²) < 4.78 is 5.21. The van der Waals surface area contributed by atoms with Crippen LogP contribution in [0.15, 0.2) is 24.3 Å². The highest BCUT2D eigenvalue weighted by molar-refractivity contribution is 5.78. The minimum atomic E-state index is -0.190. The Labute approximate surface area is 102 Å². The fourth-order valence-electron chi connectivity index (χ4n) is 1.43. The van der Waals surface area contributed by atoms with E-state index in [-0.39, 0.29) is 17.9 Å². The topological polar surface area (TPSA) is 64.3 Å². The molecule has 0 aromatic heterocycles. The summed E-state index contributed by atoms with van der Waals surface area (Å²) in [4.78, 5) is 11.7.